The molecule has 0 N–H and O–H groups in total. The Balaban J connectivity index is 2.67. The Bertz CT molecular complexity index is 940. The molecule has 0 aliphatic carbocycles. The van der Waals surface area contributed by atoms with Crippen LogP contribution in [0.5, 0.6) is 0 Å². The van der Waals surface area contributed by atoms with Crippen LogP contribution >= 0.6 is 15.2 Å². The molecule has 0 fully saturated rings. The van der Waals surface area contributed by atoms with Gasteiger partial charge in [0, 0.05) is 11.1 Å². The number of hydrogen-bond acceptors (Lipinski definition) is 8. The molecule has 0 amide bonds. The van der Waals surface area contributed by atoms with E-state index in [1.807, 2.05) is 0 Å². The van der Waals surface area contributed by atoms with Gasteiger partial charge in [-0.05, 0) is 34.1 Å². The number of hydrogen-bond donors (Lipinski definition) is 0. The third-order valence-corrected chi connectivity index (χ3v) is 11.2. The fourth-order valence-corrected chi connectivity index (χ4v) is 9.12. The predicted octanol–water partition coefficient (Wildman–Crippen LogP) is 6.62. The molecule has 0 spiro atoms. The van der Waals surface area contributed by atoms with E-state index < -0.39 is 44.5 Å². The van der Waals surface area contributed by atoms with Gasteiger partial charge >= 0.3 is 15.2 Å². The lowest BCUT2D eigenvalue weighted by Crippen LogP contribution is -2.30. The Morgan fingerprint density at radius 1 is 0.629 bits per heavy atom. The number of benzene rings is 2. The average molecular weight is 524 g/mol. The van der Waals surface area contributed by atoms with Crippen LogP contribution in [-0.2, 0) is 27.2 Å². The van der Waals surface area contributed by atoms with Crippen molar-refractivity contribution in [1.82, 2.24) is 0 Å². The summed E-state index contributed by atoms with van der Waals surface area (Å²) in [5.74, 6) is -2.32. The smallest absolute Gasteiger partial charge is 0.308 e. The van der Waals surface area contributed by atoms with Crippen molar-refractivity contribution in [3.63, 3.8) is 0 Å². The Kier molecular flexibility index (Phi) is 11.7. The van der Waals surface area contributed by atoms with Gasteiger partial charge in [-0.3, -0.25) is 18.7 Å². The number of ketones is 2. The summed E-state index contributed by atoms with van der Waals surface area (Å²) in [5, 5.41) is -1.49. The van der Waals surface area contributed by atoms with Gasteiger partial charge in [0.15, 0.2) is 17.0 Å². The lowest BCUT2D eigenvalue weighted by atomic mass is 9.88. The number of rotatable bonds is 16. The third kappa shape index (κ3) is 7.53. The molecule has 35 heavy (non-hydrogen) atoms. The first-order chi connectivity index (χ1) is 16.8. The molecule has 0 bridgehead atoms. The maximum absolute atomic E-state index is 14.0. The lowest BCUT2D eigenvalue weighted by Gasteiger charge is -2.33. The monoisotopic (exact) mass is 524 g/mol. The number of carbonyl (C=O) groups is 2. The van der Waals surface area contributed by atoms with E-state index in [-0.39, 0.29) is 26.4 Å². The topological polar surface area (TPSA) is 105 Å². The van der Waals surface area contributed by atoms with E-state index in [0.717, 1.165) is 0 Å². The molecular weight excluding hydrogens is 490 g/mol. The van der Waals surface area contributed by atoms with Gasteiger partial charge in [-0.25, -0.2) is 0 Å². The van der Waals surface area contributed by atoms with Crippen molar-refractivity contribution in [1.29, 1.82) is 0 Å². The van der Waals surface area contributed by atoms with Crippen molar-refractivity contribution in [2.75, 3.05) is 26.4 Å². The average Bonchev–Trinajstić information content (AvgIpc) is 2.85. The van der Waals surface area contributed by atoms with Crippen LogP contribution in [0.2, 0.25) is 0 Å². The molecule has 0 radical (unpaired) electrons. The Morgan fingerprint density at radius 3 is 1.23 bits per heavy atom. The molecule has 8 nitrogen and oxygen atoms in total. The van der Waals surface area contributed by atoms with Gasteiger partial charge in [0.2, 0.25) is 0 Å². The molecule has 2 aromatic rings. The van der Waals surface area contributed by atoms with Gasteiger partial charge in [0.25, 0.3) is 0 Å². The maximum Gasteiger partial charge on any atom is 0.345 e. The summed E-state index contributed by atoms with van der Waals surface area (Å²) in [7, 11) is -8.29. The summed E-state index contributed by atoms with van der Waals surface area (Å²) in [6.45, 7) is 6.47. The summed E-state index contributed by atoms with van der Waals surface area (Å²) < 4.78 is 50.0. The second-order valence-electron chi connectivity index (χ2n) is 7.48. The highest BCUT2D eigenvalue weighted by Gasteiger charge is 2.53. The molecule has 2 aromatic carbocycles. The van der Waals surface area contributed by atoms with Gasteiger partial charge in [0.05, 0.1) is 32.3 Å². The van der Waals surface area contributed by atoms with Crippen LogP contribution in [-0.4, -0.2) is 43.4 Å². The molecule has 0 aliphatic heterocycles. The van der Waals surface area contributed by atoms with E-state index in [1.54, 1.807) is 88.4 Å². The summed E-state index contributed by atoms with van der Waals surface area (Å²) in [5.41, 5.74) is 0.594. The first kappa shape index (κ1) is 29.3. The minimum absolute atomic E-state index is 0.00401. The normalized spacial score (nSPS) is 12.3. The highest BCUT2D eigenvalue weighted by atomic mass is 31.2. The Hall–Kier alpha value is -1.92. The minimum Gasteiger partial charge on any atom is -0.308 e. The summed E-state index contributed by atoms with van der Waals surface area (Å²) in [4.78, 5) is 27.2. The highest BCUT2D eigenvalue weighted by Crippen LogP contribution is 2.72. The highest BCUT2D eigenvalue weighted by molar-refractivity contribution is 7.72. The summed E-state index contributed by atoms with van der Waals surface area (Å²) in [6.07, 6.45) is -0.407. The van der Waals surface area contributed by atoms with Crippen molar-refractivity contribution in [2.45, 2.75) is 39.5 Å². The van der Waals surface area contributed by atoms with Gasteiger partial charge < -0.3 is 18.1 Å². The van der Waals surface area contributed by atoms with Crippen LogP contribution < -0.4 is 0 Å². The fourth-order valence-electron chi connectivity index (χ4n) is 3.72. The van der Waals surface area contributed by atoms with Crippen LogP contribution in [0.4, 0.5) is 0 Å². The van der Waals surface area contributed by atoms with Crippen LogP contribution in [0.25, 0.3) is 0 Å². The minimum atomic E-state index is -4.14. The first-order valence-electron chi connectivity index (χ1n) is 11.7. The van der Waals surface area contributed by atoms with Gasteiger partial charge in [-0.2, -0.15) is 0 Å². The molecule has 0 saturated heterocycles. The molecule has 0 aliphatic rings. The fraction of sp³-hybridized carbons (Fsp3) is 0.440. The number of carbonyl (C=O) groups excluding carboxylic acids is 2. The SMILES string of the molecule is CCOP(=O)(OCC)C(CC(C(=O)c1ccccc1)C(=O)c1ccccc1)P(=O)(OCC)OCC. The van der Waals surface area contributed by atoms with E-state index >= 15 is 0 Å². The first-order valence-corrected chi connectivity index (χ1v) is 14.9. The molecule has 0 aromatic heterocycles. The zero-order chi connectivity index (χ0) is 25.9. The third-order valence-electron chi connectivity index (χ3n) is 5.16. The molecule has 0 atom stereocenters. The largest absolute Gasteiger partial charge is 0.345 e. The van der Waals surface area contributed by atoms with E-state index in [0.29, 0.717) is 11.1 Å². The van der Waals surface area contributed by atoms with E-state index in [2.05, 4.69) is 0 Å². The summed E-state index contributed by atoms with van der Waals surface area (Å²) in [6, 6.07) is 16.6. The molecule has 192 valence electrons. The Labute approximate surface area is 207 Å². The lowest BCUT2D eigenvalue weighted by molar-refractivity contribution is 0.0798. The van der Waals surface area contributed by atoms with E-state index in [4.69, 9.17) is 18.1 Å². The van der Waals surface area contributed by atoms with Crippen molar-refractivity contribution in [2.24, 2.45) is 5.92 Å². The van der Waals surface area contributed by atoms with Crippen LogP contribution in [0.1, 0.15) is 54.8 Å². The Morgan fingerprint density at radius 2 is 0.943 bits per heavy atom. The quantitative estimate of drug-likeness (QED) is 0.137. The van der Waals surface area contributed by atoms with Gasteiger partial charge in [-0.15, -0.1) is 0 Å². The van der Waals surface area contributed by atoms with Gasteiger partial charge in [-0.1, -0.05) is 60.7 Å². The molecule has 0 saturated carbocycles. The second-order valence-corrected chi connectivity index (χ2v) is 12.3. The van der Waals surface area contributed by atoms with Crippen molar-refractivity contribution >= 4 is 26.8 Å². The molecular formula is C25H34O8P2. The predicted molar refractivity (Wildman–Crippen MR) is 135 cm³/mol. The molecule has 2 rings (SSSR count). The second kappa shape index (κ2) is 14.0. The maximum atomic E-state index is 14.0. The van der Waals surface area contributed by atoms with Crippen molar-refractivity contribution in [3.05, 3.63) is 71.8 Å². The van der Waals surface area contributed by atoms with Crippen LogP contribution in [0.3, 0.4) is 0 Å². The summed E-state index contributed by atoms with van der Waals surface area (Å²) >= 11 is 0. The zero-order valence-corrected chi connectivity index (χ0v) is 22.4. The molecule has 0 heterocycles. The van der Waals surface area contributed by atoms with E-state index in [1.165, 1.54) is 0 Å². The van der Waals surface area contributed by atoms with Crippen molar-refractivity contribution in [3.8, 4) is 0 Å². The van der Waals surface area contributed by atoms with Crippen LogP contribution in [0.15, 0.2) is 60.7 Å². The standard InChI is InChI=1S/C25H34O8P2/c1-5-30-34(28,31-6-2)23(35(29,32-7-3)33-8-4)19-22(24(26)20-15-11-9-12-16-20)25(27)21-17-13-10-14-18-21/h9-18,22-23H,5-8,19H2,1-4H3. The van der Waals surface area contributed by atoms with Crippen molar-refractivity contribution < 1.29 is 36.8 Å². The van der Waals surface area contributed by atoms with Gasteiger partial charge in [0.1, 0.15) is 0 Å². The van der Waals surface area contributed by atoms with Crippen LogP contribution in [0, 0.1) is 5.92 Å². The molecule has 10 heteroatoms. The van der Waals surface area contributed by atoms with E-state index in [9.17, 15) is 18.7 Å². The zero-order valence-electron chi connectivity index (χ0n) is 20.6. The number of Topliss-reactive ketones (excluding diaryl/α,β-unsaturated/α-hetero) is 2. The molecule has 0 unspecified atom stereocenters.